The number of nitrogens with zero attached hydrogens (tertiary/aromatic N) is 2. The van der Waals surface area contributed by atoms with Crippen LogP contribution in [0.5, 0.6) is 0 Å². The van der Waals surface area contributed by atoms with Gasteiger partial charge in [-0.05, 0) is 37.3 Å². The number of aromatic nitrogens is 2. The molecule has 1 aromatic heterocycles. The van der Waals surface area contributed by atoms with Crippen LogP contribution >= 0.6 is 11.6 Å². The number of aromatic carboxylic acids is 1. The maximum atomic E-state index is 12.4. The van der Waals surface area contributed by atoms with Crippen molar-refractivity contribution < 1.29 is 23.1 Å². The highest BCUT2D eigenvalue weighted by Crippen LogP contribution is 2.32. The number of benzene rings is 2. The van der Waals surface area contributed by atoms with E-state index in [0.29, 0.717) is 22.7 Å². The van der Waals surface area contributed by atoms with Gasteiger partial charge in [0, 0.05) is 5.02 Å². The van der Waals surface area contributed by atoms with Crippen molar-refractivity contribution in [2.75, 3.05) is 0 Å². The maximum absolute atomic E-state index is 12.4. The van der Waals surface area contributed by atoms with Crippen LogP contribution in [0.25, 0.3) is 11.4 Å². The Morgan fingerprint density at radius 3 is 2.39 bits per heavy atom. The van der Waals surface area contributed by atoms with E-state index in [1.54, 1.807) is 41.9 Å². The summed E-state index contributed by atoms with van der Waals surface area (Å²) >= 11 is 5.77. The Kier molecular flexibility index (Phi) is 8.24. The Morgan fingerprint density at radius 1 is 1.23 bits per heavy atom. The number of rotatable bonds is 5. The van der Waals surface area contributed by atoms with E-state index < -0.39 is 23.8 Å². The van der Waals surface area contributed by atoms with E-state index in [1.807, 2.05) is 6.92 Å². The number of hydrogen-bond donors (Lipinski definition) is 1. The number of halogens is 4. The van der Waals surface area contributed by atoms with Crippen LogP contribution in [0, 0.1) is 6.92 Å². The van der Waals surface area contributed by atoms with Gasteiger partial charge < -0.3 is 10.8 Å². The number of carbonyl (C=O) groups is 1. The highest BCUT2D eigenvalue weighted by Gasteiger charge is 2.30. The topological polar surface area (TPSA) is 78.9 Å². The molecule has 1 atom stereocenters. The summed E-state index contributed by atoms with van der Waals surface area (Å²) < 4.78 is 38.6. The molecule has 0 bridgehead atoms. The van der Waals surface area contributed by atoms with Crippen LogP contribution in [0.4, 0.5) is 13.2 Å². The quantitative estimate of drug-likeness (QED) is 0.447. The molecule has 0 saturated heterocycles. The average Bonchev–Trinajstić information content (AvgIpc) is 3.10. The monoisotopic (exact) mass is 452 g/mol. The van der Waals surface area contributed by atoms with E-state index in [4.69, 9.17) is 22.4 Å². The van der Waals surface area contributed by atoms with Gasteiger partial charge in [-0.3, -0.25) is 0 Å². The van der Waals surface area contributed by atoms with Gasteiger partial charge in [-0.2, -0.15) is 18.3 Å². The number of carboxylic acid groups (broad SMARTS) is 1. The summed E-state index contributed by atoms with van der Waals surface area (Å²) in [6.07, 6.45) is -1.60. The van der Waals surface area contributed by atoms with Crippen LogP contribution in [-0.2, 0) is 6.18 Å². The predicted octanol–water partition coefficient (Wildman–Crippen LogP) is 7.13. The molecule has 31 heavy (non-hydrogen) atoms. The van der Waals surface area contributed by atoms with E-state index in [-0.39, 0.29) is 5.56 Å². The molecule has 0 unspecified atom stereocenters. The molecule has 0 amide bonds. The number of nitrogens with one attached hydrogen (secondary N) is 1. The van der Waals surface area contributed by atoms with Crippen molar-refractivity contribution in [2.24, 2.45) is 0 Å². The van der Waals surface area contributed by atoms with Gasteiger partial charge in [0.15, 0.2) is 0 Å². The van der Waals surface area contributed by atoms with Crippen molar-refractivity contribution in [1.82, 2.24) is 9.78 Å². The summed E-state index contributed by atoms with van der Waals surface area (Å²) in [5.74, 6) is -0.974. The molecule has 0 saturated carbocycles. The molecule has 0 radical (unpaired) electrons. The van der Waals surface area contributed by atoms with Gasteiger partial charge >= 0.3 is 12.1 Å². The van der Waals surface area contributed by atoms with Crippen LogP contribution < -0.4 is 0 Å². The standard InChI is InChI=1S/C11H9ClN2O2.C11H13F3N/c1-7-10(11(15)16)6-13-14(7)9-4-2-8(12)3-5-9;1-2-4-10(15)8-5-3-6-9(7-8)11(12,13)14/h2-6H,1H3,(H,15,16);3,5-7,10,15H,2,4H2,1H3/q;-1/t;10-/m.0/s1. The molecular weight excluding hydrogens is 431 g/mol. The zero-order chi connectivity index (χ0) is 23.2. The highest BCUT2D eigenvalue weighted by atomic mass is 35.5. The Labute approximate surface area is 183 Å². The first-order valence-corrected chi connectivity index (χ1v) is 9.84. The lowest BCUT2D eigenvalue weighted by Crippen LogP contribution is -2.05. The van der Waals surface area contributed by atoms with Gasteiger partial charge in [0.05, 0.1) is 23.1 Å². The minimum absolute atomic E-state index is 0.204. The summed E-state index contributed by atoms with van der Waals surface area (Å²) in [5, 5.41) is 13.6. The van der Waals surface area contributed by atoms with Gasteiger partial charge in [0.1, 0.15) is 5.56 Å². The van der Waals surface area contributed by atoms with Gasteiger partial charge in [-0.1, -0.05) is 55.1 Å². The fourth-order valence-corrected chi connectivity index (χ4v) is 2.98. The Balaban J connectivity index is 0.000000221. The van der Waals surface area contributed by atoms with Crippen LogP contribution in [0.2, 0.25) is 5.02 Å². The van der Waals surface area contributed by atoms with Crippen molar-refractivity contribution >= 4 is 17.6 Å². The van der Waals surface area contributed by atoms with E-state index in [2.05, 4.69) is 5.10 Å². The van der Waals surface area contributed by atoms with Crippen molar-refractivity contribution in [3.05, 3.63) is 87.9 Å². The third-order valence-electron chi connectivity index (χ3n) is 4.51. The number of carboxylic acids is 1. The van der Waals surface area contributed by atoms with Crippen LogP contribution in [0.1, 0.15) is 53.0 Å². The van der Waals surface area contributed by atoms with Crippen molar-refractivity contribution in [3.63, 3.8) is 0 Å². The van der Waals surface area contributed by atoms with Crippen LogP contribution in [0.15, 0.2) is 54.7 Å². The molecule has 0 spiro atoms. The second kappa shape index (κ2) is 10.5. The van der Waals surface area contributed by atoms with Gasteiger partial charge in [0.25, 0.3) is 0 Å². The molecule has 3 aromatic rings. The average molecular weight is 453 g/mol. The molecule has 2 N–H and O–H groups in total. The van der Waals surface area contributed by atoms with E-state index in [9.17, 15) is 18.0 Å². The largest absolute Gasteiger partial charge is 0.671 e. The first-order valence-electron chi connectivity index (χ1n) is 9.46. The highest BCUT2D eigenvalue weighted by molar-refractivity contribution is 6.30. The molecule has 2 aromatic carbocycles. The number of alkyl halides is 3. The van der Waals surface area contributed by atoms with E-state index in [1.165, 1.54) is 12.3 Å². The Hall–Kier alpha value is -2.84. The van der Waals surface area contributed by atoms with E-state index in [0.717, 1.165) is 24.2 Å². The summed E-state index contributed by atoms with van der Waals surface area (Å²) in [4.78, 5) is 10.8. The summed E-state index contributed by atoms with van der Waals surface area (Å²) in [7, 11) is 0. The van der Waals surface area contributed by atoms with Crippen molar-refractivity contribution in [2.45, 2.75) is 38.9 Å². The summed E-state index contributed by atoms with van der Waals surface area (Å²) in [6, 6.07) is 11.5. The first-order chi connectivity index (χ1) is 14.5. The molecule has 166 valence electrons. The lowest BCUT2D eigenvalue weighted by atomic mass is 10.0. The van der Waals surface area contributed by atoms with Gasteiger partial charge in [-0.25, -0.2) is 9.48 Å². The third kappa shape index (κ3) is 6.57. The number of hydrogen-bond acceptors (Lipinski definition) is 2. The zero-order valence-electron chi connectivity index (χ0n) is 16.9. The Bertz CT molecular complexity index is 1020. The lowest BCUT2D eigenvalue weighted by Gasteiger charge is -2.20. The zero-order valence-corrected chi connectivity index (χ0v) is 17.7. The predicted molar refractivity (Wildman–Crippen MR) is 114 cm³/mol. The van der Waals surface area contributed by atoms with E-state index >= 15 is 0 Å². The van der Waals surface area contributed by atoms with Crippen LogP contribution in [-0.4, -0.2) is 20.9 Å². The summed E-state index contributed by atoms with van der Waals surface area (Å²) in [6.45, 7) is 3.63. The maximum Gasteiger partial charge on any atom is 0.416 e. The molecular formula is C22H22ClF3N3O2-. The van der Waals surface area contributed by atoms with Crippen LogP contribution in [0.3, 0.4) is 0 Å². The fourth-order valence-electron chi connectivity index (χ4n) is 2.85. The lowest BCUT2D eigenvalue weighted by molar-refractivity contribution is -0.137. The second-order valence-corrected chi connectivity index (χ2v) is 7.24. The van der Waals surface area contributed by atoms with Crippen molar-refractivity contribution in [1.29, 1.82) is 0 Å². The SMILES string of the molecule is CCC[C@H]([NH-])c1cccc(C(F)(F)F)c1.Cc1c(C(=O)O)cnn1-c1ccc(Cl)cc1. The molecule has 0 aliphatic heterocycles. The molecule has 0 aliphatic rings. The molecule has 5 nitrogen and oxygen atoms in total. The third-order valence-corrected chi connectivity index (χ3v) is 4.76. The molecule has 0 aliphatic carbocycles. The smallest absolute Gasteiger partial charge is 0.416 e. The van der Waals surface area contributed by atoms with Gasteiger partial charge in [-0.15, -0.1) is 6.04 Å². The van der Waals surface area contributed by atoms with Gasteiger partial charge in [0.2, 0.25) is 0 Å². The molecule has 0 fully saturated rings. The summed E-state index contributed by atoms with van der Waals surface area (Å²) in [5.41, 5.74) is 8.99. The normalized spacial score (nSPS) is 12.1. The minimum Gasteiger partial charge on any atom is -0.671 e. The molecule has 1 heterocycles. The molecule has 9 heteroatoms. The minimum atomic E-state index is -4.32. The first kappa shape index (κ1) is 24.4. The van der Waals surface area contributed by atoms with Crippen molar-refractivity contribution in [3.8, 4) is 5.69 Å². The fraction of sp³-hybridized carbons (Fsp3) is 0.273. The molecule has 3 rings (SSSR count). The second-order valence-electron chi connectivity index (χ2n) is 6.80. The Morgan fingerprint density at radius 2 is 1.87 bits per heavy atom.